The van der Waals surface area contributed by atoms with Gasteiger partial charge in [-0.05, 0) is 48.9 Å². The maximum atomic E-state index is 12.8. The molecule has 1 fully saturated rings. The Morgan fingerprint density at radius 3 is 2.38 bits per heavy atom. The van der Waals surface area contributed by atoms with Gasteiger partial charge in [0.1, 0.15) is 0 Å². The van der Waals surface area contributed by atoms with Gasteiger partial charge in [0, 0.05) is 18.2 Å². The number of likely N-dealkylation sites (tertiary alicyclic amines) is 1. The van der Waals surface area contributed by atoms with Gasteiger partial charge in [-0.2, -0.15) is 0 Å². The lowest BCUT2D eigenvalue weighted by Crippen LogP contribution is -2.43. The van der Waals surface area contributed by atoms with Crippen LogP contribution in [0.15, 0.2) is 18.2 Å². The summed E-state index contributed by atoms with van der Waals surface area (Å²) in [6, 6.07) is 5.05. The molecule has 1 saturated heterocycles. The molecule has 1 aliphatic heterocycles. The van der Waals surface area contributed by atoms with Crippen molar-refractivity contribution >= 4 is 11.9 Å². The van der Waals surface area contributed by atoms with E-state index in [1.54, 1.807) is 12.1 Å². The number of aromatic carboxylic acids is 1. The minimum atomic E-state index is -0.999. The van der Waals surface area contributed by atoms with Gasteiger partial charge >= 0.3 is 5.97 Å². The number of amides is 1. The Bertz CT molecular complexity index is 572. The summed E-state index contributed by atoms with van der Waals surface area (Å²) in [5, 5.41) is 9.14. The third kappa shape index (κ3) is 3.26. The van der Waals surface area contributed by atoms with Crippen LogP contribution in [0.3, 0.4) is 0 Å². The molecule has 1 amide bonds. The Morgan fingerprint density at radius 2 is 1.81 bits per heavy atom. The monoisotopic (exact) mass is 289 g/mol. The number of carboxylic acid groups (broad SMARTS) is 1. The first-order valence-corrected chi connectivity index (χ1v) is 7.36. The first-order valence-electron chi connectivity index (χ1n) is 7.36. The Kier molecular flexibility index (Phi) is 4.08. The zero-order chi connectivity index (χ0) is 15.8. The summed E-state index contributed by atoms with van der Waals surface area (Å²) in [5.41, 5.74) is 1.48. The molecule has 1 atom stereocenters. The Balaban J connectivity index is 2.34. The predicted molar refractivity (Wildman–Crippen MR) is 81.7 cm³/mol. The molecule has 0 radical (unpaired) electrons. The molecule has 2 rings (SSSR count). The number of aryl methyl sites for hydroxylation is 1. The van der Waals surface area contributed by atoms with Crippen molar-refractivity contribution in [3.63, 3.8) is 0 Å². The van der Waals surface area contributed by atoms with Gasteiger partial charge in [0.05, 0.1) is 5.56 Å². The van der Waals surface area contributed by atoms with Gasteiger partial charge in [-0.15, -0.1) is 0 Å². The van der Waals surface area contributed by atoms with Gasteiger partial charge in [-0.3, -0.25) is 4.79 Å². The number of carboxylic acids is 1. The van der Waals surface area contributed by atoms with Crippen molar-refractivity contribution in [2.45, 2.75) is 46.6 Å². The SMILES string of the molecule is Cc1cc(C(=O)O)cc(C(=O)N2CCCC2C(C)(C)C)c1. The van der Waals surface area contributed by atoms with Crippen molar-refractivity contribution in [1.82, 2.24) is 4.90 Å². The van der Waals surface area contributed by atoms with E-state index in [2.05, 4.69) is 20.8 Å². The molecule has 0 saturated carbocycles. The fourth-order valence-corrected chi connectivity index (χ4v) is 3.11. The average molecular weight is 289 g/mol. The van der Waals surface area contributed by atoms with E-state index in [9.17, 15) is 9.59 Å². The van der Waals surface area contributed by atoms with Gasteiger partial charge in [-0.25, -0.2) is 4.79 Å². The van der Waals surface area contributed by atoms with Crippen LogP contribution in [0.4, 0.5) is 0 Å². The number of nitrogens with zero attached hydrogens (tertiary/aromatic N) is 1. The second-order valence-electron chi connectivity index (χ2n) is 6.92. The van der Waals surface area contributed by atoms with Crippen LogP contribution < -0.4 is 0 Å². The highest BCUT2D eigenvalue weighted by atomic mass is 16.4. The fourth-order valence-electron chi connectivity index (χ4n) is 3.11. The van der Waals surface area contributed by atoms with E-state index >= 15 is 0 Å². The Labute approximate surface area is 125 Å². The molecular formula is C17H23NO3. The molecule has 1 unspecified atom stereocenters. The van der Waals surface area contributed by atoms with Crippen molar-refractivity contribution in [3.05, 3.63) is 34.9 Å². The summed E-state index contributed by atoms with van der Waals surface area (Å²) in [5.74, 6) is -1.06. The summed E-state index contributed by atoms with van der Waals surface area (Å²) in [7, 11) is 0. The molecular weight excluding hydrogens is 266 g/mol. The van der Waals surface area contributed by atoms with Crippen molar-refractivity contribution in [2.75, 3.05) is 6.54 Å². The van der Waals surface area contributed by atoms with Crippen LogP contribution in [0.2, 0.25) is 0 Å². The van der Waals surface area contributed by atoms with E-state index in [1.165, 1.54) is 6.07 Å². The lowest BCUT2D eigenvalue weighted by molar-refractivity contribution is 0.0626. The van der Waals surface area contributed by atoms with Crippen LogP contribution in [-0.4, -0.2) is 34.5 Å². The van der Waals surface area contributed by atoms with Crippen molar-refractivity contribution in [2.24, 2.45) is 5.41 Å². The van der Waals surface area contributed by atoms with E-state index in [0.29, 0.717) is 5.56 Å². The molecule has 4 heteroatoms. The van der Waals surface area contributed by atoms with Crippen molar-refractivity contribution < 1.29 is 14.7 Å². The van der Waals surface area contributed by atoms with Gasteiger partial charge in [0.25, 0.3) is 5.91 Å². The summed E-state index contributed by atoms with van der Waals surface area (Å²) in [6.45, 7) is 8.98. The third-order valence-corrected chi connectivity index (χ3v) is 4.08. The summed E-state index contributed by atoms with van der Waals surface area (Å²) >= 11 is 0. The van der Waals surface area contributed by atoms with Gasteiger partial charge in [0.15, 0.2) is 0 Å². The van der Waals surface area contributed by atoms with Crippen LogP contribution in [0.5, 0.6) is 0 Å². The normalized spacial score (nSPS) is 18.9. The lowest BCUT2D eigenvalue weighted by atomic mass is 9.85. The van der Waals surface area contributed by atoms with Crippen molar-refractivity contribution in [3.8, 4) is 0 Å². The third-order valence-electron chi connectivity index (χ3n) is 4.08. The topological polar surface area (TPSA) is 57.6 Å². The van der Waals surface area contributed by atoms with E-state index in [-0.39, 0.29) is 22.9 Å². The summed E-state index contributed by atoms with van der Waals surface area (Å²) < 4.78 is 0. The van der Waals surface area contributed by atoms with Crippen LogP contribution >= 0.6 is 0 Å². The van der Waals surface area contributed by atoms with Crippen LogP contribution in [-0.2, 0) is 0 Å². The van der Waals surface area contributed by atoms with Crippen LogP contribution in [0, 0.1) is 12.3 Å². The molecule has 1 aliphatic rings. The zero-order valence-electron chi connectivity index (χ0n) is 13.1. The van der Waals surface area contributed by atoms with Crippen LogP contribution in [0.1, 0.15) is 59.9 Å². The summed E-state index contributed by atoms with van der Waals surface area (Å²) in [6.07, 6.45) is 2.01. The van der Waals surface area contributed by atoms with Gasteiger partial charge in [-0.1, -0.05) is 20.8 Å². The smallest absolute Gasteiger partial charge is 0.335 e. The molecule has 0 aliphatic carbocycles. The molecule has 1 heterocycles. The molecule has 114 valence electrons. The predicted octanol–water partition coefficient (Wildman–Crippen LogP) is 3.34. The molecule has 0 bridgehead atoms. The molecule has 21 heavy (non-hydrogen) atoms. The first-order chi connectivity index (χ1) is 9.70. The lowest BCUT2D eigenvalue weighted by Gasteiger charge is -2.35. The van der Waals surface area contributed by atoms with Crippen LogP contribution in [0.25, 0.3) is 0 Å². The molecule has 1 N–H and O–H groups in total. The van der Waals surface area contributed by atoms with E-state index in [0.717, 1.165) is 24.9 Å². The second kappa shape index (κ2) is 5.51. The van der Waals surface area contributed by atoms with E-state index < -0.39 is 5.97 Å². The highest BCUT2D eigenvalue weighted by Crippen LogP contribution is 2.33. The minimum absolute atomic E-state index is 0.0333. The molecule has 4 nitrogen and oxygen atoms in total. The molecule has 1 aromatic rings. The zero-order valence-corrected chi connectivity index (χ0v) is 13.1. The quantitative estimate of drug-likeness (QED) is 0.908. The van der Waals surface area contributed by atoms with Gasteiger partial charge < -0.3 is 10.0 Å². The molecule has 0 aromatic heterocycles. The number of hydrogen-bond donors (Lipinski definition) is 1. The maximum Gasteiger partial charge on any atom is 0.335 e. The largest absolute Gasteiger partial charge is 0.478 e. The summed E-state index contributed by atoms with van der Waals surface area (Å²) in [4.78, 5) is 25.8. The van der Waals surface area contributed by atoms with Crippen molar-refractivity contribution in [1.29, 1.82) is 0 Å². The minimum Gasteiger partial charge on any atom is -0.478 e. The highest BCUT2D eigenvalue weighted by molar-refractivity contribution is 5.98. The number of carbonyl (C=O) groups is 2. The standard InChI is InChI=1S/C17H23NO3/c1-11-8-12(10-13(9-11)16(20)21)15(19)18-7-5-6-14(18)17(2,3)4/h8-10,14H,5-7H2,1-4H3,(H,20,21). The second-order valence-corrected chi connectivity index (χ2v) is 6.92. The molecule has 0 spiro atoms. The number of benzene rings is 1. The van der Waals surface area contributed by atoms with E-state index in [1.807, 2.05) is 11.8 Å². The average Bonchev–Trinajstić information content (AvgIpc) is 2.86. The maximum absolute atomic E-state index is 12.8. The Hall–Kier alpha value is -1.84. The fraction of sp³-hybridized carbons (Fsp3) is 0.529. The highest BCUT2D eigenvalue weighted by Gasteiger charge is 2.37. The number of rotatable bonds is 2. The molecule has 1 aromatic carbocycles. The first kappa shape index (κ1) is 15.5. The van der Waals surface area contributed by atoms with E-state index in [4.69, 9.17) is 5.11 Å². The number of hydrogen-bond acceptors (Lipinski definition) is 2. The Morgan fingerprint density at radius 1 is 1.19 bits per heavy atom. The number of carbonyl (C=O) groups excluding carboxylic acids is 1. The van der Waals surface area contributed by atoms with Gasteiger partial charge in [0.2, 0.25) is 0 Å².